The number of benzene rings is 1. The lowest BCUT2D eigenvalue weighted by Gasteiger charge is -2.07. The first-order chi connectivity index (χ1) is 7.38. The van der Waals surface area contributed by atoms with Crippen LogP contribution in [0.4, 0.5) is 0 Å². The molecule has 0 saturated carbocycles. The van der Waals surface area contributed by atoms with Crippen molar-refractivity contribution in [3.8, 4) is 5.75 Å². The Bertz CT molecular complexity index is 465. The molecule has 0 aromatic heterocycles. The van der Waals surface area contributed by atoms with Crippen LogP contribution in [0.15, 0.2) is 18.2 Å². The zero-order chi connectivity index (χ0) is 12.2. The second-order valence-electron chi connectivity index (χ2n) is 2.67. The molecule has 0 spiro atoms. The van der Waals surface area contributed by atoms with Crippen LogP contribution in [0.25, 0.3) is 0 Å². The van der Waals surface area contributed by atoms with Crippen molar-refractivity contribution in [2.75, 3.05) is 13.2 Å². The molecule has 0 radical (unpaired) electrons. The zero-order valence-electron chi connectivity index (χ0n) is 8.89. The predicted octanol–water partition coefficient (Wildman–Crippen LogP) is 2.57. The first-order valence-electron chi connectivity index (χ1n) is 4.08. The number of hydrogen-bond acceptors (Lipinski definition) is 4. The van der Waals surface area contributed by atoms with E-state index in [0.29, 0.717) is 15.8 Å². The smallest absolute Gasteiger partial charge is 0.397 e. The van der Waals surface area contributed by atoms with Gasteiger partial charge in [0.2, 0.25) is 0 Å². The molecule has 17 heavy (non-hydrogen) atoms. The van der Waals surface area contributed by atoms with Crippen LogP contribution in [0.2, 0.25) is 10.0 Å². The van der Waals surface area contributed by atoms with E-state index >= 15 is 0 Å². The molecule has 5 N–H and O–H groups in total. The Balaban J connectivity index is 0.00000256. The highest BCUT2D eigenvalue weighted by Crippen LogP contribution is 2.27. The minimum atomic E-state index is -4.43. The molecule has 0 heterocycles. The van der Waals surface area contributed by atoms with Gasteiger partial charge >= 0.3 is 10.4 Å². The number of rotatable bonds is 5. The zero-order valence-corrected chi connectivity index (χ0v) is 11.2. The van der Waals surface area contributed by atoms with E-state index in [2.05, 4.69) is 4.18 Å². The summed E-state index contributed by atoms with van der Waals surface area (Å²) < 4.78 is 37.8. The summed E-state index contributed by atoms with van der Waals surface area (Å²) in [5.74, 6) is 0.352. The Morgan fingerprint density at radius 1 is 1.24 bits per heavy atom. The van der Waals surface area contributed by atoms with Gasteiger partial charge in [-0.05, 0) is 18.2 Å². The van der Waals surface area contributed by atoms with Crippen LogP contribution in [-0.4, -0.2) is 26.2 Å². The van der Waals surface area contributed by atoms with Gasteiger partial charge < -0.3 is 10.9 Å². The van der Waals surface area contributed by atoms with Crippen LogP contribution in [0.1, 0.15) is 0 Å². The van der Waals surface area contributed by atoms with Gasteiger partial charge in [-0.15, -0.1) is 0 Å². The maximum absolute atomic E-state index is 10.2. The highest BCUT2D eigenvalue weighted by Gasteiger charge is 2.05. The van der Waals surface area contributed by atoms with E-state index in [1.165, 1.54) is 12.1 Å². The first kappa shape index (κ1) is 16.4. The SMILES string of the molecule is O=S(=O)(O)OCCOc1ccc(Cl)cc1Cl.[NH4+]. The monoisotopic (exact) mass is 304 g/mol. The summed E-state index contributed by atoms with van der Waals surface area (Å²) in [4.78, 5) is 0. The fourth-order valence-corrected chi connectivity index (χ4v) is 1.62. The molecule has 98 valence electrons. The van der Waals surface area contributed by atoms with Crippen molar-refractivity contribution in [1.29, 1.82) is 0 Å². The van der Waals surface area contributed by atoms with Gasteiger partial charge in [0.25, 0.3) is 0 Å². The molecule has 0 fully saturated rings. The van der Waals surface area contributed by atoms with E-state index < -0.39 is 10.4 Å². The minimum Gasteiger partial charge on any atom is -0.490 e. The fraction of sp³-hybridized carbons (Fsp3) is 0.250. The normalized spacial score (nSPS) is 10.8. The van der Waals surface area contributed by atoms with Crippen LogP contribution in [0, 0.1) is 0 Å². The third-order valence-electron chi connectivity index (χ3n) is 1.47. The average Bonchev–Trinajstić information content (AvgIpc) is 2.13. The van der Waals surface area contributed by atoms with Gasteiger partial charge in [-0.2, -0.15) is 8.42 Å². The molecule has 0 saturated heterocycles. The lowest BCUT2D eigenvalue weighted by atomic mass is 10.3. The first-order valence-corrected chi connectivity index (χ1v) is 6.20. The molecule has 9 heteroatoms. The Morgan fingerprint density at radius 3 is 2.41 bits per heavy atom. The molecule has 0 bridgehead atoms. The van der Waals surface area contributed by atoms with Crippen molar-refractivity contribution in [2.24, 2.45) is 0 Å². The van der Waals surface area contributed by atoms with Crippen molar-refractivity contribution in [1.82, 2.24) is 6.15 Å². The molecule has 1 aromatic carbocycles. The largest absolute Gasteiger partial charge is 0.490 e. The van der Waals surface area contributed by atoms with Gasteiger partial charge in [0, 0.05) is 5.02 Å². The highest BCUT2D eigenvalue weighted by molar-refractivity contribution is 7.80. The maximum atomic E-state index is 10.2. The van der Waals surface area contributed by atoms with Crippen LogP contribution in [0.5, 0.6) is 5.75 Å². The van der Waals surface area contributed by atoms with E-state index in [0.717, 1.165) is 0 Å². The fourth-order valence-electron chi connectivity index (χ4n) is 0.883. The van der Waals surface area contributed by atoms with Gasteiger partial charge in [0.15, 0.2) is 0 Å². The second-order valence-corrected chi connectivity index (χ2v) is 4.61. The number of hydrogen-bond donors (Lipinski definition) is 2. The average molecular weight is 305 g/mol. The molecular weight excluding hydrogens is 293 g/mol. The Labute approximate surface area is 109 Å². The molecule has 0 unspecified atom stereocenters. The summed E-state index contributed by atoms with van der Waals surface area (Å²) in [6.07, 6.45) is 0. The summed E-state index contributed by atoms with van der Waals surface area (Å²) in [6.45, 7) is -0.376. The van der Waals surface area contributed by atoms with Crippen molar-refractivity contribution in [2.45, 2.75) is 0 Å². The van der Waals surface area contributed by atoms with Crippen LogP contribution < -0.4 is 10.9 Å². The number of ether oxygens (including phenoxy) is 1. The van der Waals surface area contributed by atoms with E-state index in [9.17, 15) is 8.42 Å². The van der Waals surface area contributed by atoms with Crippen molar-refractivity contribution >= 4 is 33.6 Å². The summed E-state index contributed by atoms with van der Waals surface area (Å²) in [5.41, 5.74) is 0. The maximum Gasteiger partial charge on any atom is 0.397 e. The molecule has 1 aromatic rings. The molecule has 0 aliphatic rings. The molecule has 1 rings (SSSR count). The second kappa shape index (κ2) is 7.00. The summed E-state index contributed by atoms with van der Waals surface area (Å²) in [6, 6.07) is 4.60. The van der Waals surface area contributed by atoms with E-state index in [-0.39, 0.29) is 19.4 Å². The number of halogens is 2. The van der Waals surface area contributed by atoms with Crippen LogP contribution in [-0.2, 0) is 14.6 Å². The molecule has 6 nitrogen and oxygen atoms in total. The summed E-state index contributed by atoms with van der Waals surface area (Å²) in [7, 11) is -4.43. The van der Waals surface area contributed by atoms with Gasteiger partial charge in [0.05, 0.1) is 5.02 Å². The van der Waals surface area contributed by atoms with Crippen LogP contribution in [0.3, 0.4) is 0 Å². The lowest BCUT2D eigenvalue weighted by Crippen LogP contribution is -2.11. The van der Waals surface area contributed by atoms with E-state index in [4.69, 9.17) is 32.5 Å². The summed E-state index contributed by atoms with van der Waals surface area (Å²) in [5, 5.41) is 0.769. The van der Waals surface area contributed by atoms with Gasteiger partial charge in [-0.25, -0.2) is 4.18 Å². The van der Waals surface area contributed by atoms with Crippen molar-refractivity contribution in [3.63, 3.8) is 0 Å². The van der Waals surface area contributed by atoms with E-state index in [1.807, 2.05) is 0 Å². The standard InChI is InChI=1S/C8H8Cl2O5S.H3N/c9-6-1-2-8(7(10)5-6)14-3-4-15-16(11,12)13;/h1-2,5H,3-4H2,(H,11,12,13);1H3/p+1. The molecular formula is C8H12Cl2NO5S+. The lowest BCUT2D eigenvalue weighted by molar-refractivity contribution is 0.202. The highest BCUT2D eigenvalue weighted by atomic mass is 35.5. The van der Waals surface area contributed by atoms with Crippen molar-refractivity contribution < 1.29 is 21.9 Å². The molecule has 0 atom stereocenters. The quantitative estimate of drug-likeness (QED) is 0.641. The summed E-state index contributed by atoms with van der Waals surface area (Å²) >= 11 is 11.4. The molecule has 0 aliphatic carbocycles. The minimum absolute atomic E-state index is 0. The predicted molar refractivity (Wildman–Crippen MR) is 65.4 cm³/mol. The Kier molecular flexibility index (Phi) is 6.76. The Hall–Kier alpha value is -0.570. The third-order valence-corrected chi connectivity index (χ3v) is 2.46. The van der Waals surface area contributed by atoms with Gasteiger partial charge in [-0.1, -0.05) is 23.2 Å². The number of quaternary nitrogens is 1. The topological polar surface area (TPSA) is 109 Å². The molecule has 0 aliphatic heterocycles. The third kappa shape index (κ3) is 6.67. The van der Waals surface area contributed by atoms with Crippen LogP contribution >= 0.6 is 23.2 Å². The van der Waals surface area contributed by atoms with Gasteiger partial charge in [0.1, 0.15) is 19.0 Å². The van der Waals surface area contributed by atoms with Crippen molar-refractivity contribution in [3.05, 3.63) is 28.2 Å². The molecule has 0 amide bonds. The Morgan fingerprint density at radius 2 is 1.88 bits per heavy atom. The van der Waals surface area contributed by atoms with Gasteiger partial charge in [-0.3, -0.25) is 4.55 Å². The van der Waals surface area contributed by atoms with E-state index in [1.54, 1.807) is 6.07 Å².